The minimum absolute atomic E-state index is 0.0151. The van der Waals surface area contributed by atoms with Gasteiger partial charge in [0.05, 0.1) is 37.2 Å². The summed E-state index contributed by atoms with van der Waals surface area (Å²) in [4.78, 5) is 44.3. The van der Waals surface area contributed by atoms with E-state index in [-0.39, 0.29) is 47.9 Å². The number of allylic oxidation sites excluding steroid dienone is 2. The highest BCUT2D eigenvalue weighted by Gasteiger charge is 2.49. The van der Waals surface area contributed by atoms with Crippen molar-refractivity contribution in [3.05, 3.63) is 11.1 Å². The van der Waals surface area contributed by atoms with Crippen LogP contribution >= 0.6 is 0 Å². The molecule has 4 heterocycles. The van der Waals surface area contributed by atoms with Crippen molar-refractivity contribution in [2.75, 3.05) is 52.4 Å². The molecule has 0 aromatic carbocycles. The van der Waals surface area contributed by atoms with Crippen molar-refractivity contribution in [2.45, 2.75) is 178 Å². The Morgan fingerprint density at radius 1 is 0.754 bits per heavy atom. The monoisotopic (exact) mass is 794 g/mol. The number of likely N-dealkylation sites (tertiary alicyclic amines) is 1. The summed E-state index contributed by atoms with van der Waals surface area (Å²) in [5.74, 6) is 1.99. The zero-order valence-electron chi connectivity index (χ0n) is 35.2. The lowest BCUT2D eigenvalue weighted by molar-refractivity contribution is -0.145. The van der Waals surface area contributed by atoms with Gasteiger partial charge in [-0.25, -0.2) is 0 Å². The van der Waals surface area contributed by atoms with Crippen LogP contribution in [0.15, 0.2) is 11.1 Å². The number of imide groups is 1. The number of amides is 3. The highest BCUT2D eigenvalue weighted by atomic mass is 16.5. The molecule has 0 aromatic heterocycles. The Kier molecular flexibility index (Phi) is 14.4. The number of nitrogens with zero attached hydrogens (tertiary/aromatic N) is 3. The lowest BCUT2D eigenvalue weighted by Crippen LogP contribution is -2.58. The lowest BCUT2D eigenvalue weighted by atomic mass is 9.68. The molecule has 11 nitrogen and oxygen atoms in total. The maximum Gasteiger partial charge on any atom is 0.249 e. The standard InChI is InChI=1S/C46H75N5O6/c1-2-39(31-6-4-3-5-7-31)44(32-8-12-35(52)13-9-32)33-10-14-36(15-11-33)56-27-26-49-22-24-50(25-23-49)42-20-17-38(29-47-42)57-37-16-18-40-34(28-37)30-51(46(40)55)41-19-21-43(53)48-45(41)54/h31-38,40-42,47,52H,2-30H2,1H3,(H,48,53,54)/b44-39-. The molecule has 320 valence electrons. The van der Waals surface area contributed by atoms with Gasteiger partial charge >= 0.3 is 0 Å². The number of ether oxygens (including phenoxy) is 2. The Balaban J connectivity index is 0.716. The van der Waals surface area contributed by atoms with Crippen LogP contribution in [0.4, 0.5) is 0 Å². The van der Waals surface area contributed by atoms with Crippen LogP contribution in [0.1, 0.15) is 142 Å². The first-order valence-electron chi connectivity index (χ1n) is 23.8. The summed E-state index contributed by atoms with van der Waals surface area (Å²) in [7, 11) is 0. The van der Waals surface area contributed by atoms with Gasteiger partial charge in [-0.15, -0.1) is 0 Å². The van der Waals surface area contributed by atoms with Crippen LogP contribution in [0.25, 0.3) is 0 Å². The normalized spacial score (nSPS) is 38.5. The van der Waals surface area contributed by atoms with Gasteiger partial charge in [-0.3, -0.25) is 34.8 Å². The summed E-state index contributed by atoms with van der Waals surface area (Å²) in [6.45, 7) is 10.1. The zero-order chi connectivity index (χ0) is 39.3. The van der Waals surface area contributed by atoms with E-state index in [0.717, 1.165) is 103 Å². The molecule has 0 radical (unpaired) electrons. The molecule has 0 spiro atoms. The van der Waals surface area contributed by atoms with E-state index >= 15 is 0 Å². The number of nitrogens with one attached hydrogen (secondary N) is 2. The lowest BCUT2D eigenvalue weighted by Gasteiger charge is -2.43. The fraction of sp³-hybridized carbons (Fsp3) is 0.891. The second-order valence-corrected chi connectivity index (χ2v) is 19.4. The molecule has 8 aliphatic rings. The Hall–Kier alpha value is -1.89. The summed E-state index contributed by atoms with van der Waals surface area (Å²) in [5.41, 5.74) is 3.69. The van der Waals surface area contributed by atoms with E-state index in [9.17, 15) is 19.5 Å². The van der Waals surface area contributed by atoms with Crippen LogP contribution in [0.5, 0.6) is 0 Å². The third-order valence-corrected chi connectivity index (χ3v) is 16.0. The van der Waals surface area contributed by atoms with Gasteiger partial charge in [-0.1, -0.05) is 37.3 Å². The van der Waals surface area contributed by atoms with Gasteiger partial charge in [0.15, 0.2) is 0 Å². The zero-order valence-corrected chi connectivity index (χ0v) is 35.2. The molecule has 3 N–H and O–H groups in total. The molecule has 0 bridgehead atoms. The Morgan fingerprint density at radius 3 is 2.14 bits per heavy atom. The average molecular weight is 794 g/mol. The van der Waals surface area contributed by atoms with Gasteiger partial charge < -0.3 is 19.5 Å². The van der Waals surface area contributed by atoms with E-state index in [1.165, 1.54) is 77.0 Å². The first-order valence-corrected chi connectivity index (χ1v) is 23.8. The molecule has 4 aliphatic heterocycles. The molecule has 4 saturated carbocycles. The molecular formula is C46H75N5O6. The van der Waals surface area contributed by atoms with Gasteiger partial charge in [0.25, 0.3) is 0 Å². The van der Waals surface area contributed by atoms with Crippen molar-refractivity contribution in [1.29, 1.82) is 0 Å². The SMILES string of the molecule is CC/C(=C(\C1CCC(O)CC1)C1CCC(OCCN2CCN(C3CCC(OC4CCC5C(=O)N(C6CCC(=O)NC6=O)CC5C4)CN3)CC2)CC1)C1CCCCC1. The molecule has 6 unspecified atom stereocenters. The van der Waals surface area contributed by atoms with Gasteiger partial charge in [0.1, 0.15) is 6.04 Å². The highest BCUT2D eigenvalue weighted by Crippen LogP contribution is 2.46. The van der Waals surface area contributed by atoms with Gasteiger partial charge in [0, 0.05) is 58.2 Å². The fourth-order valence-electron chi connectivity index (χ4n) is 12.8. The van der Waals surface area contributed by atoms with Crippen molar-refractivity contribution in [1.82, 2.24) is 25.3 Å². The number of piperidine rings is 2. The van der Waals surface area contributed by atoms with Crippen molar-refractivity contribution in [2.24, 2.45) is 29.6 Å². The molecule has 3 amide bonds. The molecule has 57 heavy (non-hydrogen) atoms. The fourth-order valence-corrected chi connectivity index (χ4v) is 12.8. The smallest absolute Gasteiger partial charge is 0.249 e. The summed E-state index contributed by atoms with van der Waals surface area (Å²) in [6.07, 6.45) is 24.1. The summed E-state index contributed by atoms with van der Waals surface area (Å²) in [6, 6.07) is -0.504. The largest absolute Gasteiger partial charge is 0.393 e. The van der Waals surface area contributed by atoms with Crippen molar-refractivity contribution < 1.29 is 29.0 Å². The number of rotatable bonds is 12. The molecule has 8 rings (SSSR count). The quantitative estimate of drug-likeness (QED) is 0.173. The van der Waals surface area contributed by atoms with Crippen LogP contribution < -0.4 is 10.6 Å². The number of piperazine rings is 1. The number of carbonyl (C=O) groups is 3. The van der Waals surface area contributed by atoms with E-state index < -0.39 is 6.04 Å². The number of aliphatic hydroxyl groups excluding tert-OH is 1. The number of fused-ring (bicyclic) bond motifs is 1. The van der Waals surface area contributed by atoms with E-state index in [0.29, 0.717) is 37.6 Å². The second-order valence-electron chi connectivity index (χ2n) is 19.4. The maximum atomic E-state index is 13.2. The molecule has 11 heteroatoms. The van der Waals surface area contributed by atoms with Gasteiger partial charge in [-0.2, -0.15) is 0 Å². The summed E-state index contributed by atoms with van der Waals surface area (Å²) < 4.78 is 13.2. The first-order chi connectivity index (χ1) is 27.8. The topological polar surface area (TPSA) is 124 Å². The van der Waals surface area contributed by atoms with Crippen LogP contribution in [0, 0.1) is 29.6 Å². The highest BCUT2D eigenvalue weighted by molar-refractivity contribution is 6.02. The van der Waals surface area contributed by atoms with Crippen LogP contribution in [-0.4, -0.2) is 127 Å². The van der Waals surface area contributed by atoms with Crippen LogP contribution in [0.3, 0.4) is 0 Å². The van der Waals surface area contributed by atoms with E-state index in [2.05, 4.69) is 27.4 Å². The minimum atomic E-state index is -0.504. The number of aliphatic hydroxyl groups is 1. The third kappa shape index (κ3) is 10.2. The van der Waals surface area contributed by atoms with Crippen molar-refractivity contribution in [3.8, 4) is 0 Å². The summed E-state index contributed by atoms with van der Waals surface area (Å²) in [5, 5.41) is 16.5. The molecule has 4 aliphatic carbocycles. The maximum absolute atomic E-state index is 13.2. The number of hydrogen-bond donors (Lipinski definition) is 3. The predicted molar refractivity (Wildman–Crippen MR) is 220 cm³/mol. The van der Waals surface area contributed by atoms with E-state index in [1.807, 2.05) is 11.1 Å². The van der Waals surface area contributed by atoms with Gasteiger partial charge in [0.2, 0.25) is 17.7 Å². The number of carbonyl (C=O) groups excluding carboxylic acids is 3. The van der Waals surface area contributed by atoms with Crippen LogP contribution in [-0.2, 0) is 23.9 Å². The van der Waals surface area contributed by atoms with E-state index in [4.69, 9.17) is 9.47 Å². The first kappa shape index (κ1) is 41.8. The predicted octanol–water partition coefficient (Wildman–Crippen LogP) is 5.54. The molecule has 4 saturated heterocycles. The molecule has 8 fully saturated rings. The molecule has 0 aromatic rings. The summed E-state index contributed by atoms with van der Waals surface area (Å²) >= 11 is 0. The van der Waals surface area contributed by atoms with Crippen molar-refractivity contribution in [3.63, 3.8) is 0 Å². The van der Waals surface area contributed by atoms with Crippen molar-refractivity contribution >= 4 is 17.7 Å². The third-order valence-electron chi connectivity index (χ3n) is 16.0. The average Bonchev–Trinajstić information content (AvgIpc) is 3.56. The van der Waals surface area contributed by atoms with Gasteiger partial charge in [-0.05, 0) is 133 Å². The Bertz CT molecular complexity index is 1390. The molecule has 6 atom stereocenters. The van der Waals surface area contributed by atoms with Crippen LogP contribution in [0.2, 0.25) is 0 Å². The Morgan fingerprint density at radius 2 is 1.46 bits per heavy atom. The Labute approximate surface area is 342 Å². The minimum Gasteiger partial charge on any atom is -0.393 e. The second kappa shape index (κ2) is 19.7. The molecular weight excluding hydrogens is 719 g/mol. The number of hydrogen-bond acceptors (Lipinski definition) is 9. The van der Waals surface area contributed by atoms with E-state index in [1.54, 1.807) is 4.90 Å².